The highest BCUT2D eigenvalue weighted by Gasteiger charge is 2.27. The van der Waals surface area contributed by atoms with E-state index < -0.39 is 17.9 Å². The first-order valence-corrected chi connectivity index (χ1v) is 6.89. The van der Waals surface area contributed by atoms with Crippen molar-refractivity contribution in [1.82, 2.24) is 9.88 Å². The Kier molecular flexibility index (Phi) is 4.42. The van der Waals surface area contributed by atoms with Gasteiger partial charge in [-0.1, -0.05) is 0 Å². The Balaban J connectivity index is 2.15. The lowest BCUT2D eigenvalue weighted by molar-refractivity contribution is -0.142. The molecule has 1 aromatic heterocycles. The van der Waals surface area contributed by atoms with Gasteiger partial charge in [-0.2, -0.15) is 0 Å². The van der Waals surface area contributed by atoms with E-state index in [1.807, 2.05) is 16.7 Å². The number of carbonyl (C=O) groups is 2. The van der Waals surface area contributed by atoms with E-state index in [1.54, 1.807) is 19.2 Å². The summed E-state index contributed by atoms with van der Waals surface area (Å²) in [7, 11) is 0. The Hall–Kier alpha value is -2.15. The van der Waals surface area contributed by atoms with Crippen molar-refractivity contribution in [1.29, 1.82) is 0 Å². The molecule has 7 heteroatoms. The van der Waals surface area contributed by atoms with E-state index in [1.165, 1.54) is 0 Å². The molecule has 1 amide bonds. The molecule has 0 aromatic carbocycles. The Morgan fingerprint density at radius 3 is 2.48 bits per heavy atom. The predicted octanol–water partition coefficient (Wildman–Crippen LogP) is 0.0840. The fraction of sp³-hybridized carbons (Fsp3) is 0.500. The van der Waals surface area contributed by atoms with Gasteiger partial charge >= 0.3 is 5.97 Å². The number of anilines is 1. The standard InChI is InChI=1S/C14H20N4O3/c1-9-3-4-16-13(11(9)12(15)19)18-7-5-17(6-8-18)10(2)14(20)21/h3-4,10H,5-8H2,1-2H3,(H2,15,19)(H,20,21). The highest BCUT2D eigenvalue weighted by molar-refractivity contribution is 5.99. The first-order chi connectivity index (χ1) is 9.91. The van der Waals surface area contributed by atoms with E-state index in [2.05, 4.69) is 4.98 Å². The topological polar surface area (TPSA) is 99.8 Å². The molecule has 1 aromatic rings. The van der Waals surface area contributed by atoms with Gasteiger partial charge in [0.1, 0.15) is 11.9 Å². The van der Waals surface area contributed by atoms with Crippen LogP contribution in [-0.4, -0.2) is 59.1 Å². The van der Waals surface area contributed by atoms with Crippen LogP contribution in [0.5, 0.6) is 0 Å². The minimum absolute atomic E-state index is 0.442. The SMILES string of the molecule is Cc1ccnc(N2CCN(C(C)C(=O)O)CC2)c1C(N)=O. The second kappa shape index (κ2) is 6.09. The zero-order chi connectivity index (χ0) is 15.6. The third-order valence-electron chi connectivity index (χ3n) is 3.90. The van der Waals surface area contributed by atoms with Gasteiger partial charge in [0, 0.05) is 32.4 Å². The maximum Gasteiger partial charge on any atom is 0.320 e. The molecule has 2 heterocycles. The van der Waals surface area contributed by atoms with Crippen molar-refractivity contribution in [2.45, 2.75) is 19.9 Å². The minimum atomic E-state index is -0.824. The van der Waals surface area contributed by atoms with Crippen molar-refractivity contribution in [3.63, 3.8) is 0 Å². The van der Waals surface area contributed by atoms with Gasteiger partial charge in [-0.05, 0) is 25.5 Å². The third-order valence-corrected chi connectivity index (χ3v) is 3.90. The van der Waals surface area contributed by atoms with Crippen LogP contribution >= 0.6 is 0 Å². The van der Waals surface area contributed by atoms with Crippen LogP contribution in [0.3, 0.4) is 0 Å². The van der Waals surface area contributed by atoms with Gasteiger partial charge in [0.05, 0.1) is 5.56 Å². The second-order valence-electron chi connectivity index (χ2n) is 5.23. The zero-order valence-electron chi connectivity index (χ0n) is 12.2. The lowest BCUT2D eigenvalue weighted by Gasteiger charge is -2.37. The first kappa shape index (κ1) is 15.2. The van der Waals surface area contributed by atoms with Crippen LogP contribution in [0.25, 0.3) is 0 Å². The Labute approximate surface area is 123 Å². The molecule has 0 spiro atoms. The minimum Gasteiger partial charge on any atom is -0.480 e. The summed E-state index contributed by atoms with van der Waals surface area (Å²) in [6.07, 6.45) is 1.66. The third kappa shape index (κ3) is 3.13. The molecule has 0 radical (unpaired) electrons. The zero-order valence-corrected chi connectivity index (χ0v) is 12.2. The predicted molar refractivity (Wildman–Crippen MR) is 78.4 cm³/mol. The van der Waals surface area contributed by atoms with Crippen LogP contribution in [0.1, 0.15) is 22.8 Å². The first-order valence-electron chi connectivity index (χ1n) is 6.89. The molecule has 1 fully saturated rings. The number of pyridine rings is 1. The van der Waals surface area contributed by atoms with Gasteiger partial charge in [0.2, 0.25) is 0 Å². The highest BCUT2D eigenvalue weighted by Crippen LogP contribution is 2.22. The van der Waals surface area contributed by atoms with Crippen LogP contribution in [0.4, 0.5) is 5.82 Å². The fourth-order valence-electron chi connectivity index (χ4n) is 2.57. The summed E-state index contributed by atoms with van der Waals surface area (Å²) in [5.74, 6) is -0.725. The van der Waals surface area contributed by atoms with Gasteiger partial charge in [-0.3, -0.25) is 14.5 Å². The molecule has 114 valence electrons. The smallest absolute Gasteiger partial charge is 0.320 e. The summed E-state index contributed by atoms with van der Waals surface area (Å²) in [6, 6.07) is 1.25. The van der Waals surface area contributed by atoms with Crippen molar-refractivity contribution in [2.24, 2.45) is 5.73 Å². The number of carbonyl (C=O) groups excluding carboxylic acids is 1. The fourth-order valence-corrected chi connectivity index (χ4v) is 2.57. The maximum atomic E-state index is 11.6. The summed E-state index contributed by atoms with van der Waals surface area (Å²) in [5.41, 5.74) is 6.69. The number of aliphatic carboxylic acids is 1. The number of hydrogen-bond acceptors (Lipinski definition) is 5. The monoisotopic (exact) mass is 292 g/mol. The number of rotatable bonds is 4. The van der Waals surface area contributed by atoms with E-state index in [0.717, 1.165) is 5.56 Å². The van der Waals surface area contributed by atoms with Crippen LogP contribution in [-0.2, 0) is 4.79 Å². The van der Waals surface area contributed by atoms with Gasteiger partial charge in [-0.15, -0.1) is 0 Å². The van der Waals surface area contributed by atoms with Crippen LogP contribution in [0.15, 0.2) is 12.3 Å². The number of aryl methyl sites for hydroxylation is 1. The Morgan fingerprint density at radius 1 is 1.33 bits per heavy atom. The number of carboxylic acid groups (broad SMARTS) is 1. The summed E-state index contributed by atoms with van der Waals surface area (Å²) in [4.78, 5) is 30.8. The molecule has 21 heavy (non-hydrogen) atoms. The summed E-state index contributed by atoms with van der Waals surface area (Å²) < 4.78 is 0. The molecule has 1 aliphatic rings. The average Bonchev–Trinajstić information content (AvgIpc) is 2.46. The Morgan fingerprint density at radius 2 is 1.95 bits per heavy atom. The van der Waals surface area contributed by atoms with Gasteiger partial charge in [0.15, 0.2) is 0 Å². The van der Waals surface area contributed by atoms with Crippen LogP contribution < -0.4 is 10.6 Å². The van der Waals surface area contributed by atoms with Crippen LogP contribution in [0.2, 0.25) is 0 Å². The van der Waals surface area contributed by atoms with E-state index in [-0.39, 0.29) is 0 Å². The van der Waals surface area contributed by atoms with E-state index in [9.17, 15) is 9.59 Å². The van der Waals surface area contributed by atoms with Crippen LogP contribution in [0, 0.1) is 6.92 Å². The number of amides is 1. The molecule has 0 aliphatic carbocycles. The van der Waals surface area contributed by atoms with Crippen molar-refractivity contribution >= 4 is 17.7 Å². The molecule has 3 N–H and O–H groups in total. The number of piperazine rings is 1. The average molecular weight is 292 g/mol. The van der Waals surface area contributed by atoms with Gasteiger partial charge in [-0.25, -0.2) is 4.98 Å². The summed E-state index contributed by atoms with van der Waals surface area (Å²) in [5, 5.41) is 9.04. The number of nitrogens with zero attached hydrogens (tertiary/aromatic N) is 3. The molecule has 1 atom stereocenters. The van der Waals surface area contributed by atoms with Crippen molar-refractivity contribution in [3.05, 3.63) is 23.4 Å². The second-order valence-corrected chi connectivity index (χ2v) is 5.23. The number of carboxylic acids is 1. The molecular formula is C14H20N4O3. The number of nitrogens with two attached hydrogens (primary N) is 1. The number of primary amides is 1. The molecule has 2 rings (SSSR count). The van der Waals surface area contributed by atoms with Crippen molar-refractivity contribution in [3.8, 4) is 0 Å². The molecular weight excluding hydrogens is 272 g/mol. The van der Waals surface area contributed by atoms with E-state index in [0.29, 0.717) is 37.6 Å². The summed E-state index contributed by atoms with van der Waals surface area (Å²) >= 11 is 0. The van der Waals surface area contributed by atoms with Gasteiger partial charge < -0.3 is 15.7 Å². The van der Waals surface area contributed by atoms with Gasteiger partial charge in [0.25, 0.3) is 5.91 Å². The molecule has 1 unspecified atom stereocenters. The van der Waals surface area contributed by atoms with Crippen molar-refractivity contribution in [2.75, 3.05) is 31.1 Å². The Bertz CT molecular complexity index is 553. The lowest BCUT2D eigenvalue weighted by atomic mass is 10.1. The molecule has 0 bridgehead atoms. The normalized spacial score (nSPS) is 17.5. The molecule has 1 aliphatic heterocycles. The quantitative estimate of drug-likeness (QED) is 0.815. The largest absolute Gasteiger partial charge is 0.480 e. The highest BCUT2D eigenvalue weighted by atomic mass is 16.4. The molecule has 0 saturated carbocycles. The lowest BCUT2D eigenvalue weighted by Crippen LogP contribution is -2.52. The summed E-state index contributed by atoms with van der Waals surface area (Å²) in [6.45, 7) is 5.97. The van der Waals surface area contributed by atoms with E-state index in [4.69, 9.17) is 10.8 Å². The van der Waals surface area contributed by atoms with E-state index >= 15 is 0 Å². The molecule has 7 nitrogen and oxygen atoms in total. The van der Waals surface area contributed by atoms with Crippen molar-refractivity contribution < 1.29 is 14.7 Å². The number of aromatic nitrogens is 1. The maximum absolute atomic E-state index is 11.6. The molecule has 1 saturated heterocycles. The number of hydrogen-bond donors (Lipinski definition) is 2.